The van der Waals surface area contributed by atoms with Crippen LogP contribution in [0.25, 0.3) is 0 Å². The van der Waals surface area contributed by atoms with Gasteiger partial charge in [-0.05, 0) is 55.8 Å². The molecule has 0 bridgehead atoms. The van der Waals surface area contributed by atoms with Gasteiger partial charge in [-0.15, -0.1) is 10.2 Å². The number of aromatic nitrogens is 1. The number of benzene rings is 2. The SMILES string of the molecule is Cc1nc(Nc2cccc(C(F)(F)F)c2)c(N=Nc2ccc(F)cc2C(F)(F)F)c(C)c1C#N. The minimum atomic E-state index is -4.92. The first-order chi connectivity index (χ1) is 15.8. The van der Waals surface area contributed by atoms with Crippen molar-refractivity contribution in [3.05, 3.63) is 76.2 Å². The molecule has 0 amide bonds. The fourth-order valence-corrected chi connectivity index (χ4v) is 3.05. The van der Waals surface area contributed by atoms with Gasteiger partial charge in [0, 0.05) is 5.69 Å². The van der Waals surface area contributed by atoms with E-state index in [-0.39, 0.29) is 40.1 Å². The summed E-state index contributed by atoms with van der Waals surface area (Å²) in [7, 11) is 0. The van der Waals surface area contributed by atoms with Crippen molar-refractivity contribution in [2.45, 2.75) is 26.2 Å². The molecule has 0 aliphatic rings. The molecule has 12 heteroatoms. The van der Waals surface area contributed by atoms with Gasteiger partial charge in [0.15, 0.2) is 5.82 Å². The van der Waals surface area contributed by atoms with Gasteiger partial charge in [-0.3, -0.25) is 0 Å². The normalized spacial score (nSPS) is 12.1. The van der Waals surface area contributed by atoms with Crippen LogP contribution in [0.1, 0.15) is 27.9 Å². The number of anilines is 2. The van der Waals surface area contributed by atoms with Crippen LogP contribution in [0.3, 0.4) is 0 Å². The predicted octanol–water partition coefficient (Wildman–Crippen LogP) is 7.91. The Balaban J connectivity index is 2.13. The lowest BCUT2D eigenvalue weighted by Gasteiger charge is -2.14. The monoisotopic (exact) mass is 481 g/mol. The summed E-state index contributed by atoms with van der Waals surface area (Å²) in [6, 6.07) is 7.86. The molecule has 5 nitrogen and oxygen atoms in total. The van der Waals surface area contributed by atoms with E-state index in [0.717, 1.165) is 30.3 Å². The Labute approximate surface area is 188 Å². The van der Waals surface area contributed by atoms with Crippen molar-refractivity contribution in [2.75, 3.05) is 5.32 Å². The molecule has 176 valence electrons. The van der Waals surface area contributed by atoms with E-state index in [4.69, 9.17) is 0 Å². The molecule has 0 saturated carbocycles. The lowest BCUT2D eigenvalue weighted by Crippen LogP contribution is -2.06. The van der Waals surface area contributed by atoms with E-state index in [0.29, 0.717) is 0 Å². The van der Waals surface area contributed by atoms with E-state index in [1.54, 1.807) is 0 Å². The molecule has 0 saturated heterocycles. The number of alkyl halides is 6. The van der Waals surface area contributed by atoms with Gasteiger partial charge in [0.2, 0.25) is 0 Å². The van der Waals surface area contributed by atoms with Gasteiger partial charge in [0.05, 0.1) is 28.1 Å². The molecule has 0 radical (unpaired) electrons. The minimum Gasteiger partial charge on any atom is -0.338 e. The van der Waals surface area contributed by atoms with Crippen molar-refractivity contribution < 1.29 is 30.7 Å². The third-order valence-corrected chi connectivity index (χ3v) is 4.68. The fraction of sp³-hybridized carbons (Fsp3) is 0.182. The fourth-order valence-electron chi connectivity index (χ4n) is 3.05. The Hall–Kier alpha value is -4.01. The van der Waals surface area contributed by atoms with Gasteiger partial charge in [-0.25, -0.2) is 9.37 Å². The van der Waals surface area contributed by atoms with Crippen LogP contribution in [0, 0.1) is 31.0 Å². The zero-order valence-electron chi connectivity index (χ0n) is 17.5. The summed E-state index contributed by atoms with van der Waals surface area (Å²) in [5.74, 6) is -1.26. The maximum Gasteiger partial charge on any atom is 0.418 e. The molecule has 0 aliphatic carbocycles. The highest BCUT2D eigenvalue weighted by molar-refractivity contribution is 5.74. The Morgan fingerprint density at radius 3 is 2.26 bits per heavy atom. The van der Waals surface area contributed by atoms with Crippen LogP contribution in [0.4, 0.5) is 53.6 Å². The lowest BCUT2D eigenvalue weighted by molar-refractivity contribution is -0.138. The van der Waals surface area contributed by atoms with E-state index in [1.807, 2.05) is 6.07 Å². The van der Waals surface area contributed by atoms with E-state index in [2.05, 4.69) is 20.5 Å². The van der Waals surface area contributed by atoms with E-state index < -0.39 is 35.0 Å². The van der Waals surface area contributed by atoms with Crippen LogP contribution in [-0.2, 0) is 12.4 Å². The van der Waals surface area contributed by atoms with Crippen LogP contribution < -0.4 is 5.32 Å². The molecule has 3 aromatic rings. The van der Waals surface area contributed by atoms with Gasteiger partial charge >= 0.3 is 12.4 Å². The summed E-state index contributed by atoms with van der Waals surface area (Å²) in [5.41, 5.74) is -2.74. The standard InChI is InChI=1S/C22H14F7N5/c1-11-16(10-30)12(2)31-20(32-15-5-3-4-13(8-15)21(24,25)26)19(11)34-33-18-7-6-14(23)9-17(18)22(27,28)29/h3-9H,1-2H3,(H,31,32). The first kappa shape index (κ1) is 24.6. The zero-order chi connectivity index (χ0) is 25.3. The number of hydrogen-bond acceptors (Lipinski definition) is 5. The third kappa shape index (κ3) is 5.31. The molecular weight excluding hydrogens is 467 g/mol. The molecule has 0 unspecified atom stereocenters. The Kier molecular flexibility index (Phi) is 6.58. The Morgan fingerprint density at radius 2 is 1.65 bits per heavy atom. The average molecular weight is 481 g/mol. The maximum atomic E-state index is 13.4. The number of hydrogen-bond donors (Lipinski definition) is 1. The van der Waals surface area contributed by atoms with Crippen molar-refractivity contribution in [1.29, 1.82) is 5.26 Å². The molecule has 0 spiro atoms. The average Bonchev–Trinajstić information content (AvgIpc) is 2.73. The highest BCUT2D eigenvalue weighted by Crippen LogP contribution is 2.40. The van der Waals surface area contributed by atoms with Gasteiger partial charge in [0.25, 0.3) is 0 Å². The summed E-state index contributed by atoms with van der Waals surface area (Å²) < 4.78 is 92.4. The minimum absolute atomic E-state index is 0.0277. The summed E-state index contributed by atoms with van der Waals surface area (Å²) in [4.78, 5) is 4.14. The second-order valence-electron chi connectivity index (χ2n) is 7.07. The number of azo groups is 1. The number of pyridine rings is 1. The number of nitriles is 1. The molecule has 2 aromatic carbocycles. The molecule has 0 atom stereocenters. The highest BCUT2D eigenvalue weighted by atomic mass is 19.4. The summed E-state index contributed by atoms with van der Waals surface area (Å²) in [6.07, 6.45) is -9.53. The molecule has 34 heavy (non-hydrogen) atoms. The molecule has 3 rings (SSSR count). The van der Waals surface area contributed by atoms with Crippen LogP contribution >= 0.6 is 0 Å². The van der Waals surface area contributed by atoms with Gasteiger partial charge < -0.3 is 5.32 Å². The van der Waals surface area contributed by atoms with Crippen molar-refractivity contribution in [2.24, 2.45) is 10.2 Å². The van der Waals surface area contributed by atoms with Crippen molar-refractivity contribution in [3.8, 4) is 6.07 Å². The molecular formula is C22H14F7N5. The predicted molar refractivity (Wildman–Crippen MR) is 109 cm³/mol. The van der Waals surface area contributed by atoms with Crippen molar-refractivity contribution in [3.63, 3.8) is 0 Å². The van der Waals surface area contributed by atoms with Crippen molar-refractivity contribution >= 4 is 22.9 Å². The highest BCUT2D eigenvalue weighted by Gasteiger charge is 2.34. The van der Waals surface area contributed by atoms with Crippen LogP contribution in [0.15, 0.2) is 52.7 Å². The largest absolute Gasteiger partial charge is 0.418 e. The lowest BCUT2D eigenvalue weighted by atomic mass is 10.1. The first-order valence-electron chi connectivity index (χ1n) is 9.45. The van der Waals surface area contributed by atoms with Gasteiger partial charge in [-0.1, -0.05) is 6.07 Å². The Bertz CT molecular complexity index is 1300. The summed E-state index contributed by atoms with van der Waals surface area (Å²) in [6.45, 7) is 2.92. The second kappa shape index (κ2) is 9.09. The maximum absolute atomic E-state index is 13.4. The zero-order valence-corrected chi connectivity index (χ0v) is 17.5. The Morgan fingerprint density at radius 1 is 0.941 bits per heavy atom. The smallest absolute Gasteiger partial charge is 0.338 e. The van der Waals surface area contributed by atoms with Gasteiger partial charge in [-0.2, -0.15) is 31.6 Å². The second-order valence-corrected chi connectivity index (χ2v) is 7.07. The van der Waals surface area contributed by atoms with Crippen LogP contribution in [0.2, 0.25) is 0 Å². The van der Waals surface area contributed by atoms with E-state index in [1.165, 1.54) is 19.9 Å². The number of rotatable bonds is 4. The number of halogens is 7. The first-order valence-corrected chi connectivity index (χ1v) is 9.45. The van der Waals surface area contributed by atoms with Crippen LogP contribution in [-0.4, -0.2) is 4.98 Å². The number of aryl methyl sites for hydroxylation is 1. The molecule has 1 heterocycles. The molecule has 1 N–H and O–H groups in total. The molecule has 0 fully saturated rings. The van der Waals surface area contributed by atoms with E-state index >= 15 is 0 Å². The molecule has 0 aliphatic heterocycles. The molecule has 1 aromatic heterocycles. The van der Waals surface area contributed by atoms with E-state index in [9.17, 15) is 36.0 Å². The number of nitrogens with zero attached hydrogens (tertiary/aromatic N) is 4. The van der Waals surface area contributed by atoms with Gasteiger partial charge in [0.1, 0.15) is 17.6 Å². The number of nitrogens with one attached hydrogen (secondary N) is 1. The van der Waals surface area contributed by atoms with Crippen LogP contribution in [0.5, 0.6) is 0 Å². The summed E-state index contributed by atoms with van der Waals surface area (Å²) in [5, 5.41) is 19.4. The topological polar surface area (TPSA) is 73.4 Å². The third-order valence-electron chi connectivity index (χ3n) is 4.68. The quantitative estimate of drug-likeness (QED) is 0.304. The van der Waals surface area contributed by atoms with Crippen molar-refractivity contribution in [1.82, 2.24) is 4.98 Å². The summed E-state index contributed by atoms with van der Waals surface area (Å²) >= 11 is 0.